The number of carbonyl (C=O) groups excluding carboxylic acids is 1. The van der Waals surface area contributed by atoms with Crippen molar-refractivity contribution in [2.75, 3.05) is 20.2 Å². The number of aromatic hydroxyl groups is 1. The van der Waals surface area contributed by atoms with E-state index in [2.05, 4.69) is 29.6 Å². The molecule has 31 heavy (non-hydrogen) atoms. The fourth-order valence-corrected chi connectivity index (χ4v) is 3.86. The molecule has 0 saturated heterocycles. The number of aliphatic imine (C=N–C) groups is 1. The van der Waals surface area contributed by atoms with E-state index < -0.39 is 0 Å². The van der Waals surface area contributed by atoms with Crippen LogP contribution in [-0.2, 0) is 4.74 Å². The molecule has 0 atom stereocenters. The Balaban J connectivity index is 1.63. The molecular weight excluding hydrogens is 394 g/mol. The van der Waals surface area contributed by atoms with Gasteiger partial charge in [-0.2, -0.15) is 0 Å². The SMILES string of the molecule is CCC(=NC1=CN(C(C)C)NC1)c1c(O)[nH]c2ccc(C(=O)NCC3(OC)CC3)cc12. The number of nitrogens with zero attached hydrogens (tertiary/aromatic N) is 2. The Hall–Kier alpha value is -2.84. The maximum atomic E-state index is 12.7. The smallest absolute Gasteiger partial charge is 0.251 e. The molecule has 2 aliphatic rings. The van der Waals surface area contributed by atoms with Crippen LogP contribution >= 0.6 is 0 Å². The highest BCUT2D eigenvalue weighted by Crippen LogP contribution is 2.38. The van der Waals surface area contributed by atoms with Crippen LogP contribution in [0.1, 0.15) is 56.0 Å². The van der Waals surface area contributed by atoms with Crippen molar-refractivity contribution in [1.82, 2.24) is 20.7 Å². The summed E-state index contributed by atoms with van der Waals surface area (Å²) in [6.07, 6.45) is 4.57. The lowest BCUT2D eigenvalue weighted by atomic mass is 10.0. The van der Waals surface area contributed by atoms with Crippen molar-refractivity contribution in [1.29, 1.82) is 0 Å². The molecule has 1 saturated carbocycles. The Labute approximate surface area is 182 Å². The lowest BCUT2D eigenvalue weighted by molar-refractivity contribution is 0.0711. The monoisotopic (exact) mass is 425 g/mol. The predicted octanol–water partition coefficient (Wildman–Crippen LogP) is 3.05. The average molecular weight is 426 g/mol. The van der Waals surface area contributed by atoms with Gasteiger partial charge in [0.1, 0.15) is 0 Å². The number of rotatable bonds is 8. The van der Waals surface area contributed by atoms with Gasteiger partial charge in [0, 0.05) is 42.4 Å². The summed E-state index contributed by atoms with van der Waals surface area (Å²) in [7, 11) is 1.68. The van der Waals surface area contributed by atoms with Gasteiger partial charge in [-0.3, -0.25) is 9.79 Å². The van der Waals surface area contributed by atoms with Gasteiger partial charge in [-0.1, -0.05) is 6.92 Å². The van der Waals surface area contributed by atoms with Gasteiger partial charge in [-0.05, 0) is 51.3 Å². The quantitative estimate of drug-likeness (QED) is 0.487. The first-order valence-corrected chi connectivity index (χ1v) is 10.8. The summed E-state index contributed by atoms with van der Waals surface area (Å²) in [4.78, 5) is 20.6. The fourth-order valence-electron chi connectivity index (χ4n) is 3.86. The first-order valence-electron chi connectivity index (χ1n) is 10.8. The number of amides is 1. The molecule has 0 unspecified atom stereocenters. The first kappa shape index (κ1) is 21.4. The summed E-state index contributed by atoms with van der Waals surface area (Å²) < 4.78 is 5.48. The number of nitrogens with one attached hydrogen (secondary N) is 3. The summed E-state index contributed by atoms with van der Waals surface area (Å²) in [6.45, 7) is 7.36. The number of hydrazine groups is 1. The molecule has 1 aromatic carbocycles. The molecular formula is C23H31N5O3. The van der Waals surface area contributed by atoms with E-state index in [9.17, 15) is 9.90 Å². The molecule has 1 amide bonds. The Morgan fingerprint density at radius 1 is 1.39 bits per heavy atom. The molecule has 4 rings (SSSR count). The summed E-state index contributed by atoms with van der Waals surface area (Å²) in [6, 6.07) is 5.72. The van der Waals surface area contributed by atoms with Crippen LogP contribution in [0.4, 0.5) is 0 Å². The van der Waals surface area contributed by atoms with E-state index in [-0.39, 0.29) is 17.4 Å². The summed E-state index contributed by atoms with van der Waals surface area (Å²) in [5.74, 6) is -0.0844. The number of hydrogen-bond acceptors (Lipinski definition) is 6. The van der Waals surface area contributed by atoms with Crippen LogP contribution in [0.15, 0.2) is 35.1 Å². The summed E-state index contributed by atoms with van der Waals surface area (Å²) >= 11 is 0. The van der Waals surface area contributed by atoms with Crippen LogP contribution in [-0.4, -0.2) is 58.6 Å². The van der Waals surface area contributed by atoms with Crippen LogP contribution in [0, 0.1) is 0 Å². The van der Waals surface area contributed by atoms with Crippen molar-refractivity contribution in [2.45, 2.75) is 51.7 Å². The van der Waals surface area contributed by atoms with E-state index in [0.29, 0.717) is 36.7 Å². The lowest BCUT2D eigenvalue weighted by Crippen LogP contribution is -2.34. The van der Waals surface area contributed by atoms with Crippen molar-refractivity contribution in [3.63, 3.8) is 0 Å². The Morgan fingerprint density at radius 2 is 2.16 bits per heavy atom. The number of fused-ring (bicyclic) bond motifs is 1. The second-order valence-corrected chi connectivity index (χ2v) is 8.55. The average Bonchev–Trinajstić information content (AvgIpc) is 3.25. The number of aromatic nitrogens is 1. The summed E-state index contributed by atoms with van der Waals surface area (Å²) in [5.41, 5.74) is 6.73. The summed E-state index contributed by atoms with van der Waals surface area (Å²) in [5, 5.41) is 16.4. The third kappa shape index (κ3) is 4.31. The number of methoxy groups -OCH3 is 1. The first-order chi connectivity index (χ1) is 14.9. The van der Waals surface area contributed by atoms with Crippen LogP contribution in [0.3, 0.4) is 0 Å². The van der Waals surface area contributed by atoms with Crippen molar-refractivity contribution < 1.29 is 14.6 Å². The van der Waals surface area contributed by atoms with E-state index in [1.54, 1.807) is 13.2 Å². The highest BCUT2D eigenvalue weighted by Gasteiger charge is 2.43. The lowest BCUT2D eigenvalue weighted by Gasteiger charge is -2.19. The number of hydrogen-bond donors (Lipinski definition) is 4. The molecule has 8 heteroatoms. The molecule has 166 valence electrons. The highest BCUT2D eigenvalue weighted by atomic mass is 16.5. The van der Waals surface area contributed by atoms with Gasteiger partial charge in [0.05, 0.1) is 29.1 Å². The second kappa shape index (κ2) is 8.36. The van der Waals surface area contributed by atoms with E-state index >= 15 is 0 Å². The number of H-pyrrole nitrogens is 1. The zero-order valence-corrected chi connectivity index (χ0v) is 18.6. The van der Waals surface area contributed by atoms with Gasteiger partial charge in [0.2, 0.25) is 0 Å². The fraction of sp³-hybridized carbons (Fsp3) is 0.478. The molecule has 2 heterocycles. The van der Waals surface area contributed by atoms with Gasteiger partial charge in [0.25, 0.3) is 5.91 Å². The maximum absolute atomic E-state index is 12.7. The van der Waals surface area contributed by atoms with Crippen LogP contribution < -0.4 is 10.7 Å². The van der Waals surface area contributed by atoms with Crippen molar-refractivity contribution in [2.24, 2.45) is 4.99 Å². The van der Waals surface area contributed by atoms with E-state index in [1.807, 2.05) is 30.3 Å². The topological polar surface area (TPSA) is 102 Å². The van der Waals surface area contributed by atoms with E-state index in [4.69, 9.17) is 9.73 Å². The molecule has 1 fully saturated rings. The van der Waals surface area contributed by atoms with Crippen molar-refractivity contribution in [3.05, 3.63) is 41.2 Å². The Morgan fingerprint density at radius 3 is 2.77 bits per heavy atom. The zero-order chi connectivity index (χ0) is 22.2. The minimum absolute atomic E-state index is 0.0664. The molecule has 1 aliphatic carbocycles. The van der Waals surface area contributed by atoms with Gasteiger partial charge < -0.3 is 25.2 Å². The highest BCUT2D eigenvalue weighted by molar-refractivity contribution is 6.14. The molecule has 8 nitrogen and oxygen atoms in total. The number of carbonyl (C=O) groups is 1. The largest absolute Gasteiger partial charge is 0.494 e. The van der Waals surface area contributed by atoms with Gasteiger partial charge >= 0.3 is 0 Å². The number of ether oxygens (including phenoxy) is 1. The minimum atomic E-state index is -0.202. The molecule has 4 N–H and O–H groups in total. The van der Waals surface area contributed by atoms with Crippen molar-refractivity contribution in [3.8, 4) is 5.88 Å². The zero-order valence-electron chi connectivity index (χ0n) is 18.6. The van der Waals surface area contributed by atoms with Crippen LogP contribution in [0.2, 0.25) is 0 Å². The molecule has 0 bridgehead atoms. The second-order valence-electron chi connectivity index (χ2n) is 8.55. The van der Waals surface area contributed by atoms with Crippen molar-refractivity contribution >= 4 is 22.5 Å². The van der Waals surface area contributed by atoms with Gasteiger partial charge in [-0.15, -0.1) is 0 Å². The minimum Gasteiger partial charge on any atom is -0.494 e. The third-order valence-electron chi connectivity index (χ3n) is 6.04. The molecule has 0 radical (unpaired) electrons. The third-order valence-corrected chi connectivity index (χ3v) is 6.04. The maximum Gasteiger partial charge on any atom is 0.251 e. The normalized spacial score (nSPS) is 18.0. The molecule has 1 aliphatic heterocycles. The Kier molecular flexibility index (Phi) is 5.77. The van der Waals surface area contributed by atoms with Gasteiger partial charge in [0.15, 0.2) is 5.88 Å². The predicted molar refractivity (Wildman–Crippen MR) is 121 cm³/mol. The molecule has 1 aromatic heterocycles. The number of aromatic amines is 1. The Bertz CT molecular complexity index is 1050. The van der Waals surface area contributed by atoms with Crippen LogP contribution in [0.5, 0.6) is 5.88 Å². The van der Waals surface area contributed by atoms with E-state index in [0.717, 1.165) is 35.2 Å². The molecule has 2 aromatic rings. The van der Waals surface area contributed by atoms with Crippen LogP contribution in [0.25, 0.3) is 10.9 Å². The molecule has 0 spiro atoms. The van der Waals surface area contributed by atoms with E-state index in [1.165, 1.54) is 0 Å². The number of benzene rings is 1. The standard InChI is InChI=1S/C23H31N5O3/c1-5-18(26-16-11-25-28(12-16)14(2)3)20-17-10-15(6-7-19(17)27-22(20)30)21(29)24-13-23(31-4)8-9-23/h6-7,10,12,14,25,27,30H,5,8-9,11,13H2,1-4H3,(H,24,29). The van der Waals surface area contributed by atoms with Gasteiger partial charge in [-0.25, -0.2) is 5.43 Å².